The molecule has 1 aliphatic heterocycles. The highest BCUT2D eigenvalue weighted by molar-refractivity contribution is 5.34. The molecule has 112 valence electrons. The van der Waals surface area contributed by atoms with E-state index in [9.17, 15) is 0 Å². The van der Waals surface area contributed by atoms with Gasteiger partial charge in [0.1, 0.15) is 0 Å². The molecule has 2 heterocycles. The molecule has 3 rings (SSSR count). The second-order valence-electron chi connectivity index (χ2n) is 7.30. The molecule has 20 heavy (non-hydrogen) atoms. The largest absolute Gasteiger partial charge is 0.346 e. The van der Waals surface area contributed by atoms with Crippen LogP contribution in [0.2, 0.25) is 0 Å². The molecule has 3 nitrogen and oxygen atoms in total. The molecular formula is C17H29N3. The fourth-order valence-corrected chi connectivity index (χ4v) is 3.87. The first-order valence-electron chi connectivity index (χ1n) is 8.11. The number of aryl methyl sites for hydroxylation is 1. The van der Waals surface area contributed by atoms with Crippen molar-refractivity contribution in [3.63, 3.8) is 0 Å². The molecule has 1 aromatic heterocycles. The van der Waals surface area contributed by atoms with Crippen LogP contribution < -0.4 is 5.32 Å². The Kier molecular flexibility index (Phi) is 3.67. The lowest BCUT2D eigenvalue weighted by molar-refractivity contribution is 0.199. The monoisotopic (exact) mass is 275 g/mol. The van der Waals surface area contributed by atoms with Crippen LogP contribution in [0.4, 0.5) is 0 Å². The van der Waals surface area contributed by atoms with Gasteiger partial charge in [-0.1, -0.05) is 13.8 Å². The van der Waals surface area contributed by atoms with E-state index in [1.165, 1.54) is 43.9 Å². The molecule has 0 atom stereocenters. The van der Waals surface area contributed by atoms with Crippen molar-refractivity contribution >= 4 is 0 Å². The van der Waals surface area contributed by atoms with Crippen LogP contribution >= 0.6 is 0 Å². The van der Waals surface area contributed by atoms with Gasteiger partial charge in [-0.15, -0.1) is 0 Å². The second-order valence-corrected chi connectivity index (χ2v) is 7.30. The first-order valence-corrected chi connectivity index (χ1v) is 8.11. The van der Waals surface area contributed by atoms with Gasteiger partial charge in [0.2, 0.25) is 0 Å². The van der Waals surface area contributed by atoms with Gasteiger partial charge < -0.3 is 9.88 Å². The van der Waals surface area contributed by atoms with Gasteiger partial charge in [-0.3, -0.25) is 4.90 Å². The van der Waals surface area contributed by atoms with Gasteiger partial charge in [-0.05, 0) is 38.3 Å². The van der Waals surface area contributed by atoms with Crippen LogP contribution in [0.5, 0.6) is 0 Å². The van der Waals surface area contributed by atoms with E-state index in [-0.39, 0.29) is 5.41 Å². The third-order valence-corrected chi connectivity index (χ3v) is 4.95. The Morgan fingerprint density at radius 1 is 1.20 bits per heavy atom. The number of aromatic nitrogens is 1. The minimum atomic E-state index is 0.242. The van der Waals surface area contributed by atoms with Crippen molar-refractivity contribution < 1.29 is 0 Å². The topological polar surface area (TPSA) is 20.2 Å². The highest BCUT2D eigenvalue weighted by atomic mass is 15.2. The summed E-state index contributed by atoms with van der Waals surface area (Å²) in [4.78, 5) is 2.61. The highest BCUT2D eigenvalue weighted by Gasteiger charge is 2.32. The van der Waals surface area contributed by atoms with Crippen molar-refractivity contribution in [1.29, 1.82) is 0 Å². The van der Waals surface area contributed by atoms with E-state index in [4.69, 9.17) is 0 Å². The zero-order valence-electron chi connectivity index (χ0n) is 13.5. The third kappa shape index (κ3) is 2.66. The quantitative estimate of drug-likeness (QED) is 0.911. The minimum absolute atomic E-state index is 0.242. The van der Waals surface area contributed by atoms with Gasteiger partial charge in [-0.25, -0.2) is 0 Å². The summed E-state index contributed by atoms with van der Waals surface area (Å²) in [6, 6.07) is 3.23. The summed E-state index contributed by atoms with van der Waals surface area (Å²) in [6.45, 7) is 15.2. The van der Waals surface area contributed by atoms with Gasteiger partial charge >= 0.3 is 0 Å². The summed E-state index contributed by atoms with van der Waals surface area (Å²) in [7, 11) is 0. The summed E-state index contributed by atoms with van der Waals surface area (Å²) in [5, 5.41) is 3.44. The van der Waals surface area contributed by atoms with Crippen LogP contribution in [0.1, 0.15) is 49.7 Å². The van der Waals surface area contributed by atoms with Crippen molar-refractivity contribution in [2.24, 2.45) is 0 Å². The zero-order chi connectivity index (χ0) is 14.3. The Labute approximate surface area is 123 Å². The third-order valence-electron chi connectivity index (χ3n) is 4.95. The summed E-state index contributed by atoms with van der Waals surface area (Å²) in [5.41, 5.74) is 4.76. The van der Waals surface area contributed by atoms with E-state index in [1.807, 2.05) is 0 Å². The lowest BCUT2D eigenvalue weighted by Gasteiger charge is -2.35. The lowest BCUT2D eigenvalue weighted by Crippen LogP contribution is -2.48. The van der Waals surface area contributed by atoms with Gasteiger partial charge in [-0.2, -0.15) is 0 Å². The van der Waals surface area contributed by atoms with Gasteiger partial charge in [0.15, 0.2) is 0 Å². The smallest absolute Gasteiger partial charge is 0.0337 e. The molecular weight excluding hydrogens is 246 g/mol. The molecule has 0 aromatic carbocycles. The second kappa shape index (κ2) is 5.19. The normalized spacial score (nSPS) is 21.4. The predicted molar refractivity (Wildman–Crippen MR) is 84.5 cm³/mol. The van der Waals surface area contributed by atoms with Crippen molar-refractivity contribution in [3.05, 3.63) is 23.0 Å². The van der Waals surface area contributed by atoms with Crippen molar-refractivity contribution in [1.82, 2.24) is 14.8 Å². The molecule has 0 bridgehead atoms. The summed E-state index contributed by atoms with van der Waals surface area (Å²) >= 11 is 0. The van der Waals surface area contributed by atoms with Crippen molar-refractivity contribution in [2.75, 3.05) is 32.7 Å². The Balaban J connectivity index is 1.81. The molecule has 1 aromatic rings. The number of rotatable bonds is 4. The molecule has 1 aliphatic carbocycles. The van der Waals surface area contributed by atoms with Crippen LogP contribution in [0.3, 0.4) is 0 Å². The van der Waals surface area contributed by atoms with Gasteiger partial charge in [0, 0.05) is 55.6 Å². The number of piperazine rings is 1. The SMILES string of the molecule is Cc1cc(C(C)(C)CN2CCNCC2)c(C)n1C1CC1. The van der Waals surface area contributed by atoms with Crippen LogP contribution in [0, 0.1) is 13.8 Å². The van der Waals surface area contributed by atoms with Crippen molar-refractivity contribution in [3.8, 4) is 0 Å². The predicted octanol–water partition coefficient (Wildman–Crippen LogP) is 2.62. The molecule has 0 unspecified atom stereocenters. The summed E-state index contributed by atoms with van der Waals surface area (Å²) in [5.74, 6) is 0. The average molecular weight is 275 g/mol. The number of hydrogen-bond donors (Lipinski definition) is 1. The Morgan fingerprint density at radius 3 is 2.45 bits per heavy atom. The molecule has 1 saturated carbocycles. The Bertz CT molecular complexity index is 477. The van der Waals surface area contributed by atoms with Crippen LogP contribution in [-0.2, 0) is 5.41 Å². The van der Waals surface area contributed by atoms with E-state index in [1.54, 1.807) is 5.56 Å². The average Bonchev–Trinajstić information content (AvgIpc) is 3.16. The molecule has 2 fully saturated rings. The maximum absolute atomic E-state index is 3.44. The first kappa shape index (κ1) is 14.2. The van der Waals surface area contributed by atoms with Gasteiger partial charge in [0.05, 0.1) is 0 Å². The molecule has 0 amide bonds. The lowest BCUT2D eigenvalue weighted by atomic mass is 9.83. The summed E-state index contributed by atoms with van der Waals surface area (Å²) in [6.07, 6.45) is 2.74. The molecule has 0 spiro atoms. The molecule has 3 heteroatoms. The molecule has 2 aliphatic rings. The first-order chi connectivity index (χ1) is 9.49. The Morgan fingerprint density at radius 2 is 1.85 bits per heavy atom. The molecule has 0 radical (unpaired) electrons. The Hall–Kier alpha value is -0.800. The maximum Gasteiger partial charge on any atom is 0.0337 e. The van der Waals surface area contributed by atoms with E-state index in [0.717, 1.165) is 19.1 Å². The standard InChI is InChI=1S/C17H29N3/c1-13-11-16(14(2)20(13)15-5-6-15)17(3,4)12-19-9-7-18-8-10-19/h11,15,18H,5-10,12H2,1-4H3. The van der Waals surface area contributed by atoms with Crippen LogP contribution in [0.15, 0.2) is 6.07 Å². The van der Waals surface area contributed by atoms with Crippen LogP contribution in [0.25, 0.3) is 0 Å². The van der Waals surface area contributed by atoms with E-state index >= 15 is 0 Å². The fraction of sp³-hybridized carbons (Fsp3) is 0.765. The van der Waals surface area contributed by atoms with Crippen LogP contribution in [-0.4, -0.2) is 42.2 Å². The number of nitrogens with one attached hydrogen (secondary N) is 1. The fourth-order valence-electron chi connectivity index (χ4n) is 3.87. The van der Waals surface area contributed by atoms with Gasteiger partial charge in [0.25, 0.3) is 0 Å². The minimum Gasteiger partial charge on any atom is -0.346 e. The highest BCUT2D eigenvalue weighted by Crippen LogP contribution is 2.40. The zero-order valence-corrected chi connectivity index (χ0v) is 13.5. The summed E-state index contributed by atoms with van der Waals surface area (Å²) < 4.78 is 2.58. The van der Waals surface area contributed by atoms with Crippen molar-refractivity contribution in [2.45, 2.75) is 52.0 Å². The maximum atomic E-state index is 3.44. The number of hydrogen-bond acceptors (Lipinski definition) is 2. The molecule has 1 saturated heterocycles. The number of nitrogens with zero attached hydrogens (tertiary/aromatic N) is 2. The van der Waals surface area contributed by atoms with E-state index in [2.05, 4.69) is 48.5 Å². The van der Waals surface area contributed by atoms with E-state index < -0.39 is 0 Å². The molecule has 1 N–H and O–H groups in total. The van der Waals surface area contributed by atoms with E-state index in [0.29, 0.717) is 0 Å².